The number of nitrogens with one attached hydrogen (secondary N) is 3. The second-order valence-corrected chi connectivity index (χ2v) is 13.0. The number of benzene rings is 4. The van der Waals surface area contributed by atoms with E-state index in [0.29, 0.717) is 11.4 Å². The minimum absolute atomic E-state index is 0.0645. The molecule has 0 bridgehead atoms. The molecule has 0 fully saturated rings. The summed E-state index contributed by atoms with van der Waals surface area (Å²) in [5.74, 6) is 1.78. The summed E-state index contributed by atoms with van der Waals surface area (Å²) >= 11 is 2.20. The van der Waals surface area contributed by atoms with Gasteiger partial charge in [0.05, 0.1) is 49.8 Å². The Hall–Kier alpha value is -6.49. The van der Waals surface area contributed by atoms with Crippen LogP contribution in [0, 0.1) is 3.57 Å². The van der Waals surface area contributed by atoms with Crippen molar-refractivity contribution in [2.45, 2.75) is 12.8 Å². The number of ether oxygens (including phenoxy) is 2. The smallest absolute Gasteiger partial charge is 0.228 e. The summed E-state index contributed by atoms with van der Waals surface area (Å²) in [4.78, 5) is 40.5. The Bertz CT molecular complexity index is 2320. The van der Waals surface area contributed by atoms with Crippen LogP contribution in [0.1, 0.15) is 11.1 Å². The number of hydrogen-bond acceptors (Lipinski definition) is 12. The average Bonchev–Trinajstić information content (AvgIpc) is 3.36. The number of carbonyl (C=O) groups is 2. The van der Waals surface area contributed by atoms with E-state index >= 15 is 0 Å². The van der Waals surface area contributed by atoms with E-state index in [-0.39, 0.29) is 36.6 Å². The Morgan fingerprint density at radius 2 is 1.19 bits per heavy atom. The molecule has 0 spiro atoms. The first-order chi connectivity index (χ1) is 25.6. The maximum atomic E-state index is 12.2. The van der Waals surface area contributed by atoms with Crippen LogP contribution in [0.15, 0.2) is 97.3 Å². The predicted molar refractivity (Wildman–Crippen MR) is 215 cm³/mol. The lowest BCUT2D eigenvalue weighted by molar-refractivity contribution is -0.116. The maximum absolute atomic E-state index is 12.2. The van der Waals surface area contributed by atoms with Gasteiger partial charge in [0, 0.05) is 67.4 Å². The molecule has 0 saturated carbocycles. The van der Waals surface area contributed by atoms with Gasteiger partial charge in [-0.25, -0.2) is 19.9 Å². The number of nitrogen functional groups attached to an aromatic ring is 3. The lowest BCUT2D eigenvalue weighted by Gasteiger charge is -2.13. The summed E-state index contributed by atoms with van der Waals surface area (Å²) < 4.78 is 11.2. The molecule has 6 aromatic rings. The van der Waals surface area contributed by atoms with Crippen molar-refractivity contribution in [1.29, 1.82) is 0 Å². The molecule has 268 valence electrons. The normalized spacial score (nSPS) is 12.1. The SMILES string of the molecule is COc1cccc(N)c1.COc1cccc(Nc2ccc3c(c2)NC(=O)Cc2cnc(N)nc2-3)c1.Nc1ncc2c(n1)-c1ccc(I)cc1NC(=O)C2. The highest BCUT2D eigenvalue weighted by Gasteiger charge is 2.22. The van der Waals surface area contributed by atoms with Gasteiger partial charge in [0.1, 0.15) is 11.5 Å². The van der Waals surface area contributed by atoms with E-state index in [1.54, 1.807) is 32.7 Å². The molecule has 9 N–H and O–H groups in total. The zero-order chi connectivity index (χ0) is 37.5. The molecule has 0 aliphatic carbocycles. The molecular formula is C38H35IN10O4. The van der Waals surface area contributed by atoms with Crippen LogP contribution >= 0.6 is 22.6 Å². The molecule has 2 aliphatic heterocycles. The first kappa shape index (κ1) is 36.3. The van der Waals surface area contributed by atoms with Crippen molar-refractivity contribution in [3.05, 3.63) is 112 Å². The van der Waals surface area contributed by atoms with Gasteiger partial charge in [-0.15, -0.1) is 0 Å². The van der Waals surface area contributed by atoms with Gasteiger partial charge in [-0.05, 0) is 83.3 Å². The molecule has 0 atom stereocenters. The van der Waals surface area contributed by atoms with Gasteiger partial charge in [-0.3, -0.25) is 9.59 Å². The van der Waals surface area contributed by atoms with Crippen LogP contribution in [0.25, 0.3) is 22.5 Å². The van der Waals surface area contributed by atoms with Crippen molar-refractivity contribution in [2.24, 2.45) is 0 Å². The van der Waals surface area contributed by atoms with E-state index in [1.165, 1.54) is 0 Å². The minimum atomic E-state index is -0.114. The number of nitrogens with zero attached hydrogens (tertiary/aromatic N) is 4. The number of methoxy groups -OCH3 is 2. The van der Waals surface area contributed by atoms with E-state index in [4.69, 9.17) is 26.7 Å². The van der Waals surface area contributed by atoms with Gasteiger partial charge >= 0.3 is 0 Å². The highest BCUT2D eigenvalue weighted by Crippen LogP contribution is 2.36. The topological polar surface area (TPSA) is 218 Å². The average molecular weight is 823 g/mol. The fourth-order valence-corrected chi connectivity index (χ4v) is 6.06. The summed E-state index contributed by atoms with van der Waals surface area (Å²) in [6, 6.07) is 26.5. The third kappa shape index (κ3) is 9.06. The Kier molecular flexibility index (Phi) is 11.1. The maximum Gasteiger partial charge on any atom is 0.228 e. The van der Waals surface area contributed by atoms with Gasteiger partial charge in [0.15, 0.2) is 0 Å². The fraction of sp³-hybridized carbons (Fsp3) is 0.105. The van der Waals surface area contributed by atoms with E-state index in [1.807, 2.05) is 78.9 Å². The van der Waals surface area contributed by atoms with Gasteiger partial charge in [0.25, 0.3) is 0 Å². The largest absolute Gasteiger partial charge is 0.497 e. The number of carbonyl (C=O) groups excluding carboxylic acids is 2. The first-order valence-corrected chi connectivity index (χ1v) is 17.2. The van der Waals surface area contributed by atoms with Crippen LogP contribution < -0.4 is 42.6 Å². The van der Waals surface area contributed by atoms with Gasteiger partial charge in [-0.2, -0.15) is 0 Å². The Morgan fingerprint density at radius 3 is 1.75 bits per heavy atom. The van der Waals surface area contributed by atoms with Crippen LogP contribution in [0.4, 0.5) is 40.3 Å². The molecule has 2 amide bonds. The van der Waals surface area contributed by atoms with Gasteiger partial charge in [0.2, 0.25) is 23.7 Å². The molecular weight excluding hydrogens is 787 g/mol. The number of anilines is 7. The first-order valence-electron chi connectivity index (χ1n) is 16.2. The number of nitrogens with two attached hydrogens (primary N) is 3. The zero-order valence-electron chi connectivity index (χ0n) is 28.7. The summed E-state index contributed by atoms with van der Waals surface area (Å²) in [7, 11) is 3.25. The van der Waals surface area contributed by atoms with Crippen molar-refractivity contribution in [3.63, 3.8) is 0 Å². The summed E-state index contributed by atoms with van der Waals surface area (Å²) in [5.41, 5.74) is 25.4. The molecule has 4 aromatic carbocycles. The third-order valence-corrected chi connectivity index (χ3v) is 8.65. The van der Waals surface area contributed by atoms with Crippen LogP contribution in [0.5, 0.6) is 11.5 Å². The van der Waals surface area contributed by atoms with Crippen molar-refractivity contribution >= 4 is 74.7 Å². The summed E-state index contributed by atoms with van der Waals surface area (Å²) in [6.45, 7) is 0. The molecule has 0 unspecified atom stereocenters. The standard InChI is InChI=1S/C19H17N5O2.C12H9IN4O.C7H9NO/c1-26-14-4-2-3-12(8-14)22-13-5-6-15-16(9-13)23-17(25)7-11-10-21-19(20)24-18(11)15;13-7-1-2-8-9(4-7)16-10(18)3-6-5-15-12(14)17-11(6)8;1-9-7-4-2-3-6(8)5-7/h2-6,8-10,22H,7H2,1H3,(H,23,25)(H2,20,21,24);1-2,4-5H,3H2,(H,16,18)(H2,14,15,17);2-5H,8H2,1H3. The fourth-order valence-electron chi connectivity index (χ4n) is 5.57. The highest BCUT2D eigenvalue weighted by atomic mass is 127. The molecule has 53 heavy (non-hydrogen) atoms. The molecule has 2 aliphatic rings. The summed E-state index contributed by atoms with van der Waals surface area (Å²) in [5, 5.41) is 9.11. The third-order valence-electron chi connectivity index (χ3n) is 7.98. The zero-order valence-corrected chi connectivity index (χ0v) is 30.8. The minimum Gasteiger partial charge on any atom is -0.497 e. The van der Waals surface area contributed by atoms with E-state index in [0.717, 1.165) is 65.8 Å². The number of aromatic nitrogens is 4. The van der Waals surface area contributed by atoms with Crippen LogP contribution in [0.3, 0.4) is 0 Å². The second kappa shape index (κ2) is 16.2. The second-order valence-electron chi connectivity index (χ2n) is 11.7. The molecule has 0 saturated heterocycles. The molecule has 2 aromatic heterocycles. The Balaban J connectivity index is 0.000000153. The highest BCUT2D eigenvalue weighted by molar-refractivity contribution is 14.1. The van der Waals surface area contributed by atoms with Crippen molar-refractivity contribution in [2.75, 3.05) is 47.4 Å². The molecule has 4 heterocycles. The quantitative estimate of drug-likeness (QED) is 0.0882. The number of fused-ring (bicyclic) bond motifs is 6. The number of amides is 2. The van der Waals surface area contributed by atoms with Gasteiger partial charge < -0.3 is 42.6 Å². The van der Waals surface area contributed by atoms with Crippen LogP contribution in [-0.4, -0.2) is 46.0 Å². The monoisotopic (exact) mass is 822 g/mol. The van der Waals surface area contributed by atoms with E-state index < -0.39 is 0 Å². The number of hydrogen-bond donors (Lipinski definition) is 6. The van der Waals surface area contributed by atoms with Crippen molar-refractivity contribution < 1.29 is 19.1 Å². The van der Waals surface area contributed by atoms with Crippen molar-refractivity contribution in [3.8, 4) is 34.0 Å². The Labute approximate surface area is 318 Å². The summed E-state index contributed by atoms with van der Waals surface area (Å²) in [6.07, 6.45) is 3.70. The molecule has 0 radical (unpaired) electrons. The van der Waals surface area contributed by atoms with E-state index in [9.17, 15) is 9.59 Å². The van der Waals surface area contributed by atoms with E-state index in [2.05, 4.69) is 58.5 Å². The van der Waals surface area contributed by atoms with Crippen LogP contribution in [0.2, 0.25) is 0 Å². The number of rotatable bonds is 4. The van der Waals surface area contributed by atoms with Crippen molar-refractivity contribution in [1.82, 2.24) is 19.9 Å². The van der Waals surface area contributed by atoms with Gasteiger partial charge in [-0.1, -0.05) is 12.1 Å². The molecule has 8 rings (SSSR count). The Morgan fingerprint density at radius 1 is 0.660 bits per heavy atom. The van der Waals surface area contributed by atoms with Crippen LogP contribution in [-0.2, 0) is 22.4 Å². The lowest BCUT2D eigenvalue weighted by atomic mass is 10.0. The molecule has 15 heteroatoms. The predicted octanol–water partition coefficient (Wildman–Crippen LogP) is 6.08. The molecule has 14 nitrogen and oxygen atoms in total. The lowest BCUT2D eigenvalue weighted by Crippen LogP contribution is -2.13. The number of halogens is 1.